The van der Waals surface area contributed by atoms with Crippen LogP contribution in [0.4, 0.5) is 10.2 Å². The Labute approximate surface area is 136 Å². The SMILES string of the molecule is CC(C)(C)C(=O)NCC1(F)CCN(c2cccc(C#N)n2)CC1. The van der Waals surface area contributed by atoms with Gasteiger partial charge < -0.3 is 10.2 Å². The van der Waals surface area contributed by atoms with Crippen molar-refractivity contribution in [1.82, 2.24) is 10.3 Å². The van der Waals surface area contributed by atoms with E-state index in [0.717, 1.165) is 0 Å². The quantitative estimate of drug-likeness (QED) is 0.929. The maximum absolute atomic E-state index is 14.8. The number of nitrogens with zero attached hydrogens (tertiary/aromatic N) is 3. The summed E-state index contributed by atoms with van der Waals surface area (Å²) >= 11 is 0. The van der Waals surface area contributed by atoms with Crippen molar-refractivity contribution in [3.8, 4) is 6.07 Å². The van der Waals surface area contributed by atoms with Gasteiger partial charge in [0.05, 0.1) is 6.54 Å². The molecular formula is C17H23FN4O. The van der Waals surface area contributed by atoms with E-state index < -0.39 is 11.1 Å². The van der Waals surface area contributed by atoms with Crippen molar-refractivity contribution in [3.05, 3.63) is 23.9 Å². The first kappa shape index (κ1) is 17.2. The van der Waals surface area contributed by atoms with Crippen LogP contribution in [0.3, 0.4) is 0 Å². The average molecular weight is 318 g/mol. The third kappa shape index (κ3) is 4.41. The fourth-order valence-electron chi connectivity index (χ4n) is 2.48. The molecule has 0 bridgehead atoms. The van der Waals surface area contributed by atoms with Crippen molar-refractivity contribution in [2.75, 3.05) is 24.5 Å². The van der Waals surface area contributed by atoms with Crippen LogP contribution in [-0.4, -0.2) is 36.2 Å². The number of nitrogens with one attached hydrogen (secondary N) is 1. The standard InChI is InChI=1S/C17H23FN4O/c1-16(2,3)15(23)20-12-17(18)7-9-22(10-8-17)14-6-4-5-13(11-19)21-14/h4-6H,7-10,12H2,1-3H3,(H,20,23). The number of nitriles is 1. The van der Waals surface area contributed by atoms with Gasteiger partial charge in [0.1, 0.15) is 23.2 Å². The molecule has 0 aromatic carbocycles. The lowest BCUT2D eigenvalue weighted by atomic mass is 9.91. The second-order valence-electron chi connectivity index (χ2n) is 7.06. The Hall–Kier alpha value is -2.16. The highest BCUT2D eigenvalue weighted by Crippen LogP contribution is 2.28. The van der Waals surface area contributed by atoms with Crippen LogP contribution in [0.25, 0.3) is 0 Å². The molecular weight excluding hydrogens is 295 g/mol. The number of hydrogen-bond donors (Lipinski definition) is 1. The van der Waals surface area contributed by atoms with Crippen LogP contribution in [0.15, 0.2) is 18.2 Å². The van der Waals surface area contributed by atoms with Gasteiger partial charge in [-0.25, -0.2) is 9.37 Å². The van der Waals surface area contributed by atoms with E-state index in [1.807, 2.05) is 37.8 Å². The van der Waals surface area contributed by atoms with Gasteiger partial charge in [0, 0.05) is 31.3 Å². The van der Waals surface area contributed by atoms with Crippen LogP contribution in [0.5, 0.6) is 0 Å². The third-order valence-corrected chi connectivity index (χ3v) is 4.08. The van der Waals surface area contributed by atoms with Gasteiger partial charge in [-0.3, -0.25) is 4.79 Å². The highest BCUT2D eigenvalue weighted by atomic mass is 19.1. The van der Waals surface area contributed by atoms with Gasteiger partial charge >= 0.3 is 0 Å². The minimum absolute atomic E-state index is 0.0443. The molecule has 1 N–H and O–H groups in total. The Bertz CT molecular complexity index is 610. The zero-order chi connectivity index (χ0) is 17.1. The van der Waals surface area contributed by atoms with Gasteiger partial charge in [-0.05, 0) is 12.1 Å². The molecule has 23 heavy (non-hydrogen) atoms. The molecule has 1 saturated heterocycles. The van der Waals surface area contributed by atoms with E-state index in [2.05, 4.69) is 10.3 Å². The number of anilines is 1. The number of carbonyl (C=O) groups is 1. The number of alkyl halides is 1. The highest BCUT2D eigenvalue weighted by Gasteiger charge is 2.36. The summed E-state index contributed by atoms with van der Waals surface area (Å²) in [5.74, 6) is 0.560. The predicted molar refractivity (Wildman–Crippen MR) is 86.7 cm³/mol. The lowest BCUT2D eigenvalue weighted by molar-refractivity contribution is -0.129. The third-order valence-electron chi connectivity index (χ3n) is 4.08. The van der Waals surface area contributed by atoms with Crippen molar-refractivity contribution in [2.45, 2.75) is 39.3 Å². The fourth-order valence-corrected chi connectivity index (χ4v) is 2.48. The van der Waals surface area contributed by atoms with Crippen LogP contribution >= 0.6 is 0 Å². The molecule has 1 aliphatic rings. The molecule has 1 aromatic heterocycles. The molecule has 0 radical (unpaired) electrons. The fraction of sp³-hybridized carbons (Fsp3) is 0.588. The number of carbonyl (C=O) groups excluding carboxylic acids is 1. The van der Waals surface area contributed by atoms with E-state index in [0.29, 0.717) is 37.4 Å². The van der Waals surface area contributed by atoms with Gasteiger partial charge in [-0.1, -0.05) is 26.8 Å². The Morgan fingerprint density at radius 2 is 2.09 bits per heavy atom. The minimum Gasteiger partial charge on any atom is -0.356 e. The van der Waals surface area contributed by atoms with Gasteiger partial charge in [0.15, 0.2) is 0 Å². The number of halogens is 1. The predicted octanol–water partition coefficient (Wildman–Crippen LogP) is 2.42. The van der Waals surface area contributed by atoms with E-state index in [9.17, 15) is 9.18 Å². The summed E-state index contributed by atoms with van der Waals surface area (Å²) in [7, 11) is 0. The molecule has 0 saturated carbocycles. The number of aromatic nitrogens is 1. The number of pyridine rings is 1. The lowest BCUT2D eigenvalue weighted by Crippen LogP contribution is -2.50. The highest BCUT2D eigenvalue weighted by molar-refractivity contribution is 5.81. The summed E-state index contributed by atoms with van der Waals surface area (Å²) in [5.41, 5.74) is -1.54. The van der Waals surface area contributed by atoms with Gasteiger partial charge in [0.25, 0.3) is 0 Å². The molecule has 0 unspecified atom stereocenters. The first-order valence-corrected chi connectivity index (χ1v) is 7.83. The van der Waals surface area contributed by atoms with Crippen LogP contribution in [0.2, 0.25) is 0 Å². The lowest BCUT2D eigenvalue weighted by Gasteiger charge is -2.37. The van der Waals surface area contributed by atoms with E-state index in [4.69, 9.17) is 5.26 Å². The van der Waals surface area contributed by atoms with Crippen molar-refractivity contribution in [3.63, 3.8) is 0 Å². The Kier molecular flexibility index (Phi) is 4.88. The van der Waals surface area contributed by atoms with Crippen LogP contribution in [-0.2, 0) is 4.79 Å². The smallest absolute Gasteiger partial charge is 0.225 e. The van der Waals surface area contributed by atoms with Crippen molar-refractivity contribution in [2.24, 2.45) is 5.41 Å². The van der Waals surface area contributed by atoms with E-state index >= 15 is 0 Å². The first-order chi connectivity index (χ1) is 10.7. The Morgan fingerprint density at radius 3 is 2.65 bits per heavy atom. The first-order valence-electron chi connectivity index (χ1n) is 7.83. The van der Waals surface area contributed by atoms with E-state index in [-0.39, 0.29) is 12.5 Å². The van der Waals surface area contributed by atoms with Crippen molar-refractivity contribution < 1.29 is 9.18 Å². The molecule has 5 nitrogen and oxygen atoms in total. The molecule has 6 heteroatoms. The van der Waals surface area contributed by atoms with Crippen LogP contribution in [0, 0.1) is 16.7 Å². The summed E-state index contributed by atoms with van der Waals surface area (Å²) in [6.07, 6.45) is 0.659. The summed E-state index contributed by atoms with van der Waals surface area (Å²) in [4.78, 5) is 18.1. The molecule has 0 aliphatic carbocycles. The zero-order valence-corrected chi connectivity index (χ0v) is 13.9. The summed E-state index contributed by atoms with van der Waals surface area (Å²) in [6.45, 7) is 6.51. The normalized spacial score (nSPS) is 17.4. The summed E-state index contributed by atoms with van der Waals surface area (Å²) in [6, 6.07) is 7.26. The Balaban J connectivity index is 1.92. The monoisotopic (exact) mass is 318 g/mol. The maximum atomic E-state index is 14.8. The summed E-state index contributed by atoms with van der Waals surface area (Å²) < 4.78 is 14.8. The molecule has 2 heterocycles. The largest absolute Gasteiger partial charge is 0.356 e. The molecule has 0 spiro atoms. The second kappa shape index (κ2) is 6.53. The number of rotatable bonds is 3. The average Bonchev–Trinajstić information content (AvgIpc) is 2.52. The number of amides is 1. The topological polar surface area (TPSA) is 69.0 Å². The number of piperidine rings is 1. The van der Waals surface area contributed by atoms with Crippen LogP contribution in [0.1, 0.15) is 39.3 Å². The molecule has 1 aliphatic heterocycles. The van der Waals surface area contributed by atoms with Crippen molar-refractivity contribution >= 4 is 11.7 Å². The van der Waals surface area contributed by atoms with Crippen LogP contribution < -0.4 is 10.2 Å². The maximum Gasteiger partial charge on any atom is 0.225 e. The Morgan fingerprint density at radius 1 is 1.43 bits per heavy atom. The van der Waals surface area contributed by atoms with E-state index in [1.54, 1.807) is 12.1 Å². The summed E-state index contributed by atoms with van der Waals surface area (Å²) in [5, 5.41) is 11.6. The molecule has 1 aromatic rings. The molecule has 2 rings (SSSR count). The molecule has 1 amide bonds. The number of hydrogen-bond acceptors (Lipinski definition) is 4. The molecule has 1 fully saturated rings. The van der Waals surface area contributed by atoms with Gasteiger partial charge in [-0.2, -0.15) is 5.26 Å². The zero-order valence-electron chi connectivity index (χ0n) is 13.9. The van der Waals surface area contributed by atoms with E-state index in [1.165, 1.54) is 0 Å². The molecule has 124 valence electrons. The van der Waals surface area contributed by atoms with Gasteiger partial charge in [-0.15, -0.1) is 0 Å². The minimum atomic E-state index is -1.38. The second-order valence-corrected chi connectivity index (χ2v) is 7.06. The molecule has 0 atom stereocenters. The van der Waals surface area contributed by atoms with Crippen molar-refractivity contribution in [1.29, 1.82) is 5.26 Å². The van der Waals surface area contributed by atoms with Gasteiger partial charge in [0.2, 0.25) is 5.91 Å².